The first kappa shape index (κ1) is 11.6. The molecule has 0 aliphatic rings. The minimum Gasteiger partial charge on any atom is -0.459 e. The van der Waals surface area contributed by atoms with Crippen molar-refractivity contribution in [2.45, 2.75) is 33.8 Å². The molecule has 0 N–H and O–H groups in total. The highest BCUT2D eigenvalue weighted by Crippen LogP contribution is 2.12. The molecule has 0 saturated carbocycles. The highest BCUT2D eigenvalue weighted by Gasteiger charge is 2.15. The molecule has 0 radical (unpaired) electrons. The Hall–Kier alpha value is -1.91. The average Bonchev–Trinajstić information content (AvgIpc) is 2.58. The summed E-state index contributed by atoms with van der Waals surface area (Å²) in [6.45, 7) is 7.35. The highest BCUT2D eigenvalue weighted by molar-refractivity contribution is 5.90. The Bertz CT molecular complexity index is 572. The molecule has 0 fully saturated rings. The van der Waals surface area contributed by atoms with Gasteiger partial charge in [-0.15, -0.1) is 0 Å². The van der Waals surface area contributed by atoms with Gasteiger partial charge in [-0.05, 0) is 27.7 Å². The fourth-order valence-electron chi connectivity index (χ4n) is 1.64. The zero-order valence-electron chi connectivity index (χ0n) is 10.4. The van der Waals surface area contributed by atoms with Crippen molar-refractivity contribution in [3.8, 4) is 0 Å². The Morgan fingerprint density at radius 1 is 1.41 bits per heavy atom. The van der Waals surface area contributed by atoms with Crippen LogP contribution in [0, 0.1) is 13.8 Å². The van der Waals surface area contributed by atoms with Crippen molar-refractivity contribution in [3.63, 3.8) is 0 Å². The largest absolute Gasteiger partial charge is 0.459 e. The standard InChI is InChI=1S/C12H15N3O2/c1-7(2)17-12(16)10-6-13-11-5-8(3)14-15(11)9(10)4/h5-7H,1-4H3. The van der Waals surface area contributed by atoms with Gasteiger partial charge >= 0.3 is 5.97 Å². The van der Waals surface area contributed by atoms with Crippen LogP contribution in [-0.4, -0.2) is 26.7 Å². The third kappa shape index (κ3) is 2.13. The molecule has 2 rings (SSSR count). The lowest BCUT2D eigenvalue weighted by Gasteiger charge is -2.10. The molecule has 2 aromatic heterocycles. The molecule has 2 aromatic rings. The second-order valence-corrected chi connectivity index (χ2v) is 4.27. The van der Waals surface area contributed by atoms with Gasteiger partial charge in [0, 0.05) is 12.3 Å². The Morgan fingerprint density at radius 3 is 2.76 bits per heavy atom. The summed E-state index contributed by atoms with van der Waals surface area (Å²) in [7, 11) is 0. The van der Waals surface area contributed by atoms with E-state index in [0.29, 0.717) is 5.56 Å². The number of hydrogen-bond donors (Lipinski definition) is 0. The summed E-state index contributed by atoms with van der Waals surface area (Å²) >= 11 is 0. The van der Waals surface area contributed by atoms with Gasteiger partial charge in [0.2, 0.25) is 0 Å². The summed E-state index contributed by atoms with van der Waals surface area (Å²) in [5, 5.41) is 4.28. The molecule has 0 amide bonds. The third-order valence-electron chi connectivity index (χ3n) is 2.41. The van der Waals surface area contributed by atoms with Gasteiger partial charge < -0.3 is 4.74 Å². The van der Waals surface area contributed by atoms with Crippen LogP contribution in [0.1, 0.15) is 35.6 Å². The Morgan fingerprint density at radius 2 is 2.12 bits per heavy atom. The lowest BCUT2D eigenvalue weighted by atomic mass is 10.2. The van der Waals surface area contributed by atoms with Crippen molar-refractivity contribution in [2.75, 3.05) is 0 Å². The van der Waals surface area contributed by atoms with E-state index in [1.165, 1.54) is 6.20 Å². The maximum Gasteiger partial charge on any atom is 0.341 e. The van der Waals surface area contributed by atoms with Gasteiger partial charge in [0.1, 0.15) is 0 Å². The fraction of sp³-hybridized carbons (Fsp3) is 0.417. The van der Waals surface area contributed by atoms with Crippen LogP contribution in [0.25, 0.3) is 5.65 Å². The van der Waals surface area contributed by atoms with Gasteiger partial charge in [0.05, 0.1) is 23.1 Å². The maximum absolute atomic E-state index is 11.8. The molecule has 5 nitrogen and oxygen atoms in total. The van der Waals surface area contributed by atoms with E-state index in [1.807, 2.05) is 33.8 Å². The van der Waals surface area contributed by atoms with E-state index in [9.17, 15) is 4.79 Å². The predicted octanol–water partition coefficient (Wildman–Crippen LogP) is 1.91. The number of nitrogens with zero attached hydrogens (tertiary/aromatic N) is 3. The van der Waals surface area contributed by atoms with Crippen LogP contribution in [0.2, 0.25) is 0 Å². The molecule has 0 saturated heterocycles. The van der Waals surface area contributed by atoms with Crippen LogP contribution in [0.5, 0.6) is 0 Å². The number of carbonyl (C=O) groups is 1. The molecule has 90 valence electrons. The molecule has 17 heavy (non-hydrogen) atoms. The van der Waals surface area contributed by atoms with Crippen LogP contribution in [0.4, 0.5) is 0 Å². The van der Waals surface area contributed by atoms with Crippen molar-refractivity contribution in [3.05, 3.63) is 29.2 Å². The number of aromatic nitrogens is 3. The van der Waals surface area contributed by atoms with E-state index < -0.39 is 0 Å². The van der Waals surface area contributed by atoms with E-state index in [0.717, 1.165) is 17.0 Å². The van der Waals surface area contributed by atoms with Crippen LogP contribution < -0.4 is 0 Å². The summed E-state index contributed by atoms with van der Waals surface area (Å²) in [4.78, 5) is 16.0. The minimum atomic E-state index is -0.361. The highest BCUT2D eigenvalue weighted by atomic mass is 16.5. The maximum atomic E-state index is 11.8. The lowest BCUT2D eigenvalue weighted by Crippen LogP contribution is -2.15. The van der Waals surface area contributed by atoms with E-state index in [1.54, 1.807) is 4.52 Å². The van der Waals surface area contributed by atoms with Gasteiger partial charge in [0.25, 0.3) is 0 Å². The lowest BCUT2D eigenvalue weighted by molar-refractivity contribution is 0.0375. The molecule has 0 aliphatic heterocycles. The zero-order valence-corrected chi connectivity index (χ0v) is 10.4. The number of esters is 1. The van der Waals surface area contributed by atoms with E-state index in [-0.39, 0.29) is 12.1 Å². The Kier molecular flexibility index (Phi) is 2.83. The van der Waals surface area contributed by atoms with Crippen LogP contribution >= 0.6 is 0 Å². The van der Waals surface area contributed by atoms with Crippen LogP contribution in [-0.2, 0) is 4.74 Å². The number of aryl methyl sites for hydroxylation is 2. The molecule has 0 bridgehead atoms. The first-order valence-corrected chi connectivity index (χ1v) is 5.52. The summed E-state index contributed by atoms with van der Waals surface area (Å²) in [6, 6.07) is 1.87. The normalized spacial score (nSPS) is 11.1. The topological polar surface area (TPSA) is 56.5 Å². The fourth-order valence-corrected chi connectivity index (χ4v) is 1.64. The van der Waals surface area contributed by atoms with Gasteiger partial charge in [-0.3, -0.25) is 0 Å². The molecule has 0 aromatic carbocycles. The van der Waals surface area contributed by atoms with Crippen LogP contribution in [0.15, 0.2) is 12.3 Å². The van der Waals surface area contributed by atoms with Gasteiger partial charge in [0.15, 0.2) is 5.65 Å². The van der Waals surface area contributed by atoms with E-state index in [4.69, 9.17) is 4.74 Å². The van der Waals surface area contributed by atoms with Gasteiger partial charge in [-0.2, -0.15) is 5.10 Å². The van der Waals surface area contributed by atoms with Crippen molar-refractivity contribution < 1.29 is 9.53 Å². The van der Waals surface area contributed by atoms with Gasteiger partial charge in [-0.25, -0.2) is 14.3 Å². The number of carbonyl (C=O) groups excluding carboxylic acids is 1. The summed E-state index contributed by atoms with van der Waals surface area (Å²) in [5.74, 6) is -0.361. The first-order chi connectivity index (χ1) is 7.99. The molecular formula is C12H15N3O2. The monoisotopic (exact) mass is 233 g/mol. The Balaban J connectivity index is 2.48. The first-order valence-electron chi connectivity index (χ1n) is 5.52. The molecule has 0 spiro atoms. The predicted molar refractivity (Wildman–Crippen MR) is 63.0 cm³/mol. The van der Waals surface area contributed by atoms with E-state index in [2.05, 4.69) is 10.1 Å². The second kappa shape index (κ2) is 4.16. The molecule has 2 heterocycles. The average molecular weight is 233 g/mol. The van der Waals surface area contributed by atoms with Crippen molar-refractivity contribution in [1.82, 2.24) is 14.6 Å². The van der Waals surface area contributed by atoms with Crippen molar-refractivity contribution in [1.29, 1.82) is 0 Å². The smallest absolute Gasteiger partial charge is 0.341 e. The van der Waals surface area contributed by atoms with Crippen molar-refractivity contribution >= 4 is 11.6 Å². The molecule has 0 atom stereocenters. The third-order valence-corrected chi connectivity index (χ3v) is 2.41. The number of fused-ring (bicyclic) bond motifs is 1. The number of rotatable bonds is 2. The minimum absolute atomic E-state index is 0.142. The Labute approximate surface area is 99.4 Å². The zero-order chi connectivity index (χ0) is 12.6. The summed E-state index contributed by atoms with van der Waals surface area (Å²) in [6.07, 6.45) is 1.40. The molecule has 5 heteroatoms. The molecule has 0 unspecified atom stereocenters. The van der Waals surface area contributed by atoms with E-state index >= 15 is 0 Å². The van der Waals surface area contributed by atoms with Crippen molar-refractivity contribution in [2.24, 2.45) is 0 Å². The summed E-state index contributed by atoms with van der Waals surface area (Å²) in [5.41, 5.74) is 2.80. The second-order valence-electron chi connectivity index (χ2n) is 4.27. The summed E-state index contributed by atoms with van der Waals surface area (Å²) < 4.78 is 6.81. The molecule has 0 aliphatic carbocycles. The number of hydrogen-bond acceptors (Lipinski definition) is 4. The number of ether oxygens (including phenoxy) is 1. The molecular weight excluding hydrogens is 218 g/mol. The van der Waals surface area contributed by atoms with Crippen LogP contribution in [0.3, 0.4) is 0 Å². The van der Waals surface area contributed by atoms with Gasteiger partial charge in [-0.1, -0.05) is 0 Å². The SMILES string of the molecule is Cc1cc2ncc(C(=O)OC(C)C)c(C)n2n1. The quantitative estimate of drug-likeness (QED) is 0.743.